The molecule has 3 aliphatic rings. The van der Waals surface area contributed by atoms with Crippen LogP contribution in [0.25, 0.3) is 0 Å². The molecule has 0 N–H and O–H groups in total. The second-order valence-electron chi connectivity index (χ2n) is 6.20. The first-order valence-electron chi connectivity index (χ1n) is 6.31. The minimum absolute atomic E-state index is 0. The minimum atomic E-state index is -0.376. The number of ether oxygens (including phenoxy) is 2. The maximum Gasteiger partial charge on any atom is 0.162 e. The standard InChI is InChI=1S/C14H21O2.ClH.Zn/c1-10-4-5-11-6-14(7-12(10)11)8-15-13(2,3)16-9-14;;/h4,11H,5-9H2,1-3H3;1H;/p-1. The van der Waals surface area contributed by atoms with Crippen LogP contribution in [0.4, 0.5) is 0 Å². The summed E-state index contributed by atoms with van der Waals surface area (Å²) in [6, 6.07) is 0. The maximum absolute atomic E-state index is 5.85. The van der Waals surface area contributed by atoms with Crippen molar-refractivity contribution in [3.63, 3.8) is 0 Å². The molecule has 2 nitrogen and oxygen atoms in total. The van der Waals surface area contributed by atoms with Gasteiger partial charge in [-0.1, -0.05) is 11.6 Å². The molecular formula is C14H21ClO2Zn-. The second-order valence-corrected chi connectivity index (χ2v) is 6.20. The number of allylic oxidation sites excluding steroid dienone is 2. The van der Waals surface area contributed by atoms with Gasteiger partial charge >= 0.3 is 0 Å². The van der Waals surface area contributed by atoms with E-state index >= 15 is 0 Å². The average molecular weight is 322 g/mol. The number of halogens is 1. The first-order chi connectivity index (χ1) is 7.50. The number of hydrogen-bond donors (Lipinski definition) is 0. The van der Waals surface area contributed by atoms with Gasteiger partial charge in [0.1, 0.15) is 0 Å². The summed E-state index contributed by atoms with van der Waals surface area (Å²) >= 11 is 0. The summed E-state index contributed by atoms with van der Waals surface area (Å²) < 4.78 is 11.7. The van der Waals surface area contributed by atoms with Crippen molar-refractivity contribution in [1.29, 1.82) is 0 Å². The van der Waals surface area contributed by atoms with E-state index in [4.69, 9.17) is 9.47 Å². The molecule has 0 bridgehead atoms. The van der Waals surface area contributed by atoms with E-state index < -0.39 is 0 Å². The van der Waals surface area contributed by atoms with Crippen LogP contribution in [0, 0.1) is 17.3 Å². The minimum Gasteiger partial charge on any atom is -1.00 e. The molecule has 2 fully saturated rings. The van der Waals surface area contributed by atoms with E-state index in [1.807, 2.05) is 13.8 Å². The van der Waals surface area contributed by atoms with E-state index in [9.17, 15) is 0 Å². The number of fused-ring (bicyclic) bond motifs is 1. The Labute approximate surface area is 129 Å². The Hall–Kier alpha value is 0.573. The van der Waals surface area contributed by atoms with Crippen LogP contribution in [-0.4, -0.2) is 19.0 Å². The van der Waals surface area contributed by atoms with Crippen molar-refractivity contribution < 1.29 is 41.4 Å². The average Bonchev–Trinajstić information content (AvgIpc) is 2.73. The maximum atomic E-state index is 5.85. The summed E-state index contributed by atoms with van der Waals surface area (Å²) in [5.41, 5.74) is 1.80. The molecule has 99 valence electrons. The molecular weight excluding hydrogens is 301 g/mol. The van der Waals surface area contributed by atoms with Gasteiger partial charge in [0.25, 0.3) is 0 Å². The summed E-state index contributed by atoms with van der Waals surface area (Å²) in [6.07, 6.45) is 6.08. The Morgan fingerprint density at radius 1 is 1.22 bits per heavy atom. The van der Waals surface area contributed by atoms with Gasteiger partial charge < -0.3 is 21.9 Å². The van der Waals surface area contributed by atoms with Gasteiger partial charge in [0.15, 0.2) is 5.79 Å². The molecule has 1 unspecified atom stereocenters. The van der Waals surface area contributed by atoms with Crippen molar-refractivity contribution >= 4 is 0 Å². The van der Waals surface area contributed by atoms with Gasteiger partial charge in [0.2, 0.25) is 0 Å². The molecule has 1 heterocycles. The molecule has 0 amide bonds. The Morgan fingerprint density at radius 2 is 1.83 bits per heavy atom. The molecule has 1 atom stereocenters. The Bertz CT molecular complexity index is 331. The summed E-state index contributed by atoms with van der Waals surface area (Å²) in [5.74, 6) is 2.08. The van der Waals surface area contributed by atoms with E-state index in [1.165, 1.54) is 24.8 Å². The predicted molar refractivity (Wildman–Crippen MR) is 62.8 cm³/mol. The van der Waals surface area contributed by atoms with Crippen LogP contribution in [0.1, 0.15) is 40.0 Å². The van der Waals surface area contributed by atoms with Crippen molar-refractivity contribution in [2.75, 3.05) is 13.2 Å². The van der Waals surface area contributed by atoms with Gasteiger partial charge in [-0.25, -0.2) is 0 Å². The number of hydrogen-bond acceptors (Lipinski definition) is 2. The monoisotopic (exact) mass is 320 g/mol. The van der Waals surface area contributed by atoms with Crippen LogP contribution < -0.4 is 12.4 Å². The van der Waals surface area contributed by atoms with E-state index in [1.54, 1.807) is 5.92 Å². The Kier molecular flexibility index (Phi) is 5.10. The fourth-order valence-electron chi connectivity index (χ4n) is 3.36. The van der Waals surface area contributed by atoms with E-state index in [2.05, 4.69) is 13.0 Å². The quantitative estimate of drug-likeness (QED) is 0.589. The second kappa shape index (κ2) is 5.52. The molecule has 0 aromatic carbocycles. The summed E-state index contributed by atoms with van der Waals surface area (Å²) in [6.45, 7) is 8.01. The molecule has 1 spiro atoms. The number of rotatable bonds is 0. The zero-order valence-corrected chi connectivity index (χ0v) is 15.3. The van der Waals surface area contributed by atoms with Gasteiger partial charge in [0, 0.05) is 30.8 Å². The van der Waals surface area contributed by atoms with Crippen LogP contribution >= 0.6 is 0 Å². The summed E-state index contributed by atoms with van der Waals surface area (Å²) in [7, 11) is 0. The van der Waals surface area contributed by atoms with Crippen LogP contribution in [-0.2, 0) is 29.0 Å². The topological polar surface area (TPSA) is 18.5 Å². The zero-order valence-electron chi connectivity index (χ0n) is 11.6. The van der Waals surface area contributed by atoms with Crippen LogP contribution in [0.5, 0.6) is 0 Å². The predicted octanol–water partition coefficient (Wildman–Crippen LogP) is 0.0917. The molecule has 1 saturated carbocycles. The molecule has 0 aromatic rings. The van der Waals surface area contributed by atoms with Gasteiger partial charge in [0.05, 0.1) is 13.2 Å². The van der Waals surface area contributed by atoms with E-state index in [0.717, 1.165) is 19.1 Å². The molecule has 1 saturated heterocycles. The van der Waals surface area contributed by atoms with Crippen LogP contribution in [0.15, 0.2) is 11.6 Å². The molecule has 3 rings (SSSR count). The third-order valence-electron chi connectivity index (χ3n) is 4.40. The van der Waals surface area contributed by atoms with Gasteiger partial charge in [-0.2, -0.15) is 0 Å². The molecule has 1 radical (unpaired) electrons. The van der Waals surface area contributed by atoms with Crippen LogP contribution in [0.3, 0.4) is 0 Å². The smallest absolute Gasteiger partial charge is 0.162 e. The molecule has 4 heteroatoms. The fraction of sp³-hybridized carbons (Fsp3) is 0.786. The Balaban J connectivity index is 0.000000810. The molecule has 18 heavy (non-hydrogen) atoms. The van der Waals surface area contributed by atoms with E-state index in [-0.39, 0.29) is 43.1 Å². The largest absolute Gasteiger partial charge is 1.00 e. The van der Waals surface area contributed by atoms with Crippen molar-refractivity contribution in [1.82, 2.24) is 0 Å². The normalized spacial score (nSPS) is 32.4. The zero-order chi connectivity index (χ0) is 11.4. The van der Waals surface area contributed by atoms with Crippen molar-refractivity contribution in [3.8, 4) is 0 Å². The van der Waals surface area contributed by atoms with Crippen molar-refractivity contribution in [2.24, 2.45) is 11.3 Å². The van der Waals surface area contributed by atoms with Crippen molar-refractivity contribution in [2.45, 2.75) is 45.8 Å². The van der Waals surface area contributed by atoms with Gasteiger partial charge in [-0.15, -0.1) is 0 Å². The third-order valence-corrected chi connectivity index (χ3v) is 4.40. The summed E-state index contributed by atoms with van der Waals surface area (Å²) in [4.78, 5) is 0. The molecule has 2 aliphatic carbocycles. The van der Waals surface area contributed by atoms with Crippen LogP contribution in [0.2, 0.25) is 0 Å². The Morgan fingerprint density at radius 3 is 2.39 bits per heavy atom. The SMILES string of the molecule is CC1=CCC2CC3(COC(C)(C)OC3)C[C]12.[Cl-].[Zn]. The first-order valence-corrected chi connectivity index (χ1v) is 6.31. The van der Waals surface area contributed by atoms with Crippen molar-refractivity contribution in [3.05, 3.63) is 17.6 Å². The van der Waals surface area contributed by atoms with Gasteiger partial charge in [-0.05, 0) is 46.0 Å². The first kappa shape index (κ1) is 16.6. The molecule has 0 aromatic heterocycles. The fourth-order valence-corrected chi connectivity index (χ4v) is 3.36. The summed E-state index contributed by atoms with van der Waals surface area (Å²) in [5, 5.41) is 0. The third kappa shape index (κ3) is 2.85. The molecule has 1 aliphatic heterocycles. The van der Waals surface area contributed by atoms with E-state index in [0.29, 0.717) is 0 Å². The van der Waals surface area contributed by atoms with Gasteiger partial charge in [-0.3, -0.25) is 0 Å².